The number of piperazine rings is 1. The van der Waals surface area contributed by atoms with Crippen LogP contribution in [0.2, 0.25) is 0 Å². The standard InChI is InChI=1S/C24H29N3O4/c1-29-20-10-18(15-28)11-21(12-20)30-16-17-6-7-19-14-27(9-8-26(19)13-17)24-22-4-2-3-5-23(22)31-25-24/h2-5,10-12,17,19,28H,6-9,13-16H2,1H3. The number of nitrogens with zero attached hydrogens (tertiary/aromatic N) is 3. The van der Waals surface area contributed by atoms with Gasteiger partial charge in [-0.25, -0.2) is 0 Å². The van der Waals surface area contributed by atoms with Crippen molar-refractivity contribution in [1.82, 2.24) is 10.1 Å². The van der Waals surface area contributed by atoms with Gasteiger partial charge in [-0.2, -0.15) is 0 Å². The van der Waals surface area contributed by atoms with Crippen molar-refractivity contribution in [3.8, 4) is 11.5 Å². The van der Waals surface area contributed by atoms with Crippen molar-refractivity contribution in [1.29, 1.82) is 0 Å². The predicted molar refractivity (Wildman–Crippen MR) is 119 cm³/mol. The van der Waals surface area contributed by atoms with Crippen LogP contribution in [0, 0.1) is 5.92 Å². The number of aromatic nitrogens is 1. The molecule has 0 amide bonds. The summed E-state index contributed by atoms with van der Waals surface area (Å²) in [6.07, 6.45) is 2.30. The molecule has 7 nitrogen and oxygen atoms in total. The quantitative estimate of drug-likeness (QED) is 0.652. The zero-order chi connectivity index (χ0) is 21.2. The van der Waals surface area contributed by atoms with Crippen molar-refractivity contribution in [2.45, 2.75) is 25.5 Å². The molecule has 0 radical (unpaired) electrons. The lowest BCUT2D eigenvalue weighted by molar-refractivity contribution is 0.0726. The van der Waals surface area contributed by atoms with Gasteiger partial charge >= 0.3 is 0 Å². The highest BCUT2D eigenvalue weighted by Gasteiger charge is 2.34. The Bertz CT molecular complexity index is 1010. The molecule has 0 spiro atoms. The van der Waals surface area contributed by atoms with Crippen molar-refractivity contribution >= 4 is 16.8 Å². The molecule has 2 fully saturated rings. The fourth-order valence-corrected chi connectivity index (χ4v) is 4.82. The fourth-order valence-electron chi connectivity index (χ4n) is 4.82. The van der Waals surface area contributed by atoms with E-state index in [0.29, 0.717) is 24.3 Å². The number of rotatable bonds is 6. The third-order valence-electron chi connectivity index (χ3n) is 6.51. The smallest absolute Gasteiger partial charge is 0.180 e. The molecule has 2 unspecified atom stereocenters. The highest BCUT2D eigenvalue weighted by Crippen LogP contribution is 2.31. The predicted octanol–water partition coefficient (Wildman–Crippen LogP) is 3.31. The van der Waals surface area contributed by atoms with Crippen molar-refractivity contribution in [3.63, 3.8) is 0 Å². The monoisotopic (exact) mass is 423 g/mol. The average molecular weight is 424 g/mol. The molecule has 31 heavy (non-hydrogen) atoms. The van der Waals surface area contributed by atoms with E-state index in [2.05, 4.69) is 21.0 Å². The summed E-state index contributed by atoms with van der Waals surface area (Å²) in [6.45, 7) is 4.67. The maximum atomic E-state index is 9.44. The van der Waals surface area contributed by atoms with E-state index in [4.69, 9.17) is 14.0 Å². The average Bonchev–Trinajstić information content (AvgIpc) is 3.26. The van der Waals surface area contributed by atoms with E-state index in [1.165, 1.54) is 0 Å². The van der Waals surface area contributed by atoms with Gasteiger partial charge in [0.1, 0.15) is 11.5 Å². The highest BCUT2D eigenvalue weighted by atomic mass is 16.5. The summed E-state index contributed by atoms with van der Waals surface area (Å²) < 4.78 is 16.9. The Morgan fingerprint density at radius 1 is 1.10 bits per heavy atom. The summed E-state index contributed by atoms with van der Waals surface area (Å²) in [5.41, 5.74) is 1.65. The summed E-state index contributed by atoms with van der Waals surface area (Å²) in [4.78, 5) is 4.97. The molecular formula is C24H29N3O4. The Morgan fingerprint density at radius 3 is 2.84 bits per heavy atom. The first-order valence-electron chi connectivity index (χ1n) is 11.0. The van der Waals surface area contributed by atoms with Crippen LogP contribution in [0.3, 0.4) is 0 Å². The van der Waals surface area contributed by atoms with Gasteiger partial charge in [-0.15, -0.1) is 0 Å². The van der Waals surface area contributed by atoms with Crippen molar-refractivity contribution < 1.29 is 19.1 Å². The number of aliphatic hydroxyl groups is 1. The highest BCUT2D eigenvalue weighted by molar-refractivity contribution is 5.88. The first-order chi connectivity index (χ1) is 15.2. The second-order valence-electron chi connectivity index (χ2n) is 8.53. The Hall–Kier alpha value is -2.77. The second-order valence-corrected chi connectivity index (χ2v) is 8.53. The van der Waals surface area contributed by atoms with Crippen molar-refractivity contribution in [3.05, 3.63) is 48.0 Å². The van der Waals surface area contributed by atoms with E-state index < -0.39 is 0 Å². The number of aliphatic hydroxyl groups excluding tert-OH is 1. The van der Waals surface area contributed by atoms with Crippen LogP contribution < -0.4 is 14.4 Å². The number of fused-ring (bicyclic) bond motifs is 2. The number of para-hydroxylation sites is 1. The number of hydrogen-bond acceptors (Lipinski definition) is 7. The Balaban J connectivity index is 1.18. The number of benzene rings is 2. The minimum atomic E-state index is -0.0241. The molecule has 3 heterocycles. The normalized spacial score (nSPS) is 21.8. The van der Waals surface area contributed by atoms with Crippen LogP contribution in [0.5, 0.6) is 11.5 Å². The fraction of sp³-hybridized carbons (Fsp3) is 0.458. The largest absolute Gasteiger partial charge is 0.497 e. The van der Waals surface area contributed by atoms with Crippen LogP contribution in [0.4, 0.5) is 5.82 Å². The molecule has 3 aromatic rings. The van der Waals surface area contributed by atoms with Crippen LogP contribution in [0.1, 0.15) is 18.4 Å². The van der Waals surface area contributed by atoms with Gasteiger partial charge in [0.15, 0.2) is 11.4 Å². The molecule has 2 atom stereocenters. The zero-order valence-corrected chi connectivity index (χ0v) is 17.9. The number of piperidine rings is 1. The Morgan fingerprint density at radius 2 is 1.97 bits per heavy atom. The van der Waals surface area contributed by atoms with E-state index in [0.717, 1.165) is 67.1 Å². The van der Waals surface area contributed by atoms with Crippen molar-refractivity contribution in [2.75, 3.05) is 44.8 Å². The molecule has 0 bridgehead atoms. The molecule has 2 aliphatic rings. The Kier molecular flexibility index (Phi) is 5.70. The van der Waals surface area contributed by atoms with Gasteiger partial charge in [0.2, 0.25) is 0 Å². The summed E-state index contributed by atoms with van der Waals surface area (Å²) in [5.74, 6) is 2.94. The lowest BCUT2D eigenvalue weighted by Crippen LogP contribution is -2.57. The Labute approximate surface area is 182 Å². The maximum absolute atomic E-state index is 9.44. The molecule has 164 valence electrons. The van der Waals surface area contributed by atoms with Gasteiger partial charge < -0.3 is 24.0 Å². The molecular weight excluding hydrogens is 394 g/mol. The van der Waals surface area contributed by atoms with Crippen LogP contribution in [-0.2, 0) is 6.61 Å². The van der Waals surface area contributed by atoms with E-state index >= 15 is 0 Å². The van der Waals surface area contributed by atoms with Gasteiger partial charge in [-0.05, 0) is 42.7 Å². The topological polar surface area (TPSA) is 71.2 Å². The minimum absolute atomic E-state index is 0.0241. The van der Waals surface area contributed by atoms with E-state index in [-0.39, 0.29) is 6.61 Å². The summed E-state index contributed by atoms with van der Waals surface area (Å²) >= 11 is 0. The van der Waals surface area contributed by atoms with Crippen LogP contribution >= 0.6 is 0 Å². The molecule has 7 heteroatoms. The summed E-state index contributed by atoms with van der Waals surface area (Å²) in [5, 5.41) is 14.9. The lowest BCUT2D eigenvalue weighted by atomic mass is 9.91. The van der Waals surface area contributed by atoms with Crippen LogP contribution in [0.25, 0.3) is 11.0 Å². The number of anilines is 1. The number of hydrogen-bond donors (Lipinski definition) is 1. The minimum Gasteiger partial charge on any atom is -0.497 e. The van der Waals surface area contributed by atoms with Gasteiger partial charge in [0.05, 0.1) is 25.7 Å². The molecule has 1 N–H and O–H groups in total. The molecule has 2 saturated heterocycles. The van der Waals surface area contributed by atoms with E-state index in [1.807, 2.05) is 36.4 Å². The first kappa shape index (κ1) is 20.2. The number of ether oxygens (including phenoxy) is 2. The summed E-state index contributed by atoms with van der Waals surface area (Å²) in [7, 11) is 1.63. The lowest BCUT2D eigenvalue weighted by Gasteiger charge is -2.46. The summed E-state index contributed by atoms with van der Waals surface area (Å²) in [6, 6.07) is 14.2. The second kappa shape index (κ2) is 8.77. The third kappa shape index (κ3) is 4.20. The molecule has 0 saturated carbocycles. The van der Waals surface area contributed by atoms with Gasteiger partial charge in [0, 0.05) is 44.2 Å². The third-order valence-corrected chi connectivity index (χ3v) is 6.51. The SMILES string of the molecule is COc1cc(CO)cc(OCC2CCC3CN(c4noc5ccccc45)CCN3C2)c1. The van der Waals surface area contributed by atoms with Gasteiger partial charge in [0.25, 0.3) is 0 Å². The van der Waals surface area contributed by atoms with Crippen molar-refractivity contribution in [2.24, 2.45) is 5.92 Å². The van der Waals surface area contributed by atoms with E-state index in [9.17, 15) is 5.11 Å². The number of methoxy groups -OCH3 is 1. The van der Waals surface area contributed by atoms with Gasteiger partial charge in [-0.3, -0.25) is 4.90 Å². The first-order valence-corrected chi connectivity index (χ1v) is 11.0. The maximum Gasteiger partial charge on any atom is 0.180 e. The molecule has 2 aromatic carbocycles. The molecule has 0 aliphatic carbocycles. The van der Waals surface area contributed by atoms with E-state index in [1.54, 1.807) is 7.11 Å². The van der Waals surface area contributed by atoms with Crippen LogP contribution in [0.15, 0.2) is 47.0 Å². The van der Waals surface area contributed by atoms with Crippen LogP contribution in [-0.4, -0.2) is 61.1 Å². The zero-order valence-electron chi connectivity index (χ0n) is 17.9. The van der Waals surface area contributed by atoms with Gasteiger partial charge in [-0.1, -0.05) is 17.3 Å². The molecule has 5 rings (SSSR count). The molecule has 2 aliphatic heterocycles. The molecule has 1 aromatic heterocycles.